The molecule has 0 aliphatic carbocycles. The van der Waals surface area contributed by atoms with Crippen molar-refractivity contribution in [2.45, 2.75) is 31.9 Å². The van der Waals surface area contributed by atoms with Gasteiger partial charge in [-0.1, -0.05) is 20.3 Å². The molecule has 0 amide bonds. The highest BCUT2D eigenvalue weighted by Crippen LogP contribution is 2.21. The number of nitrogens with zero attached hydrogens (tertiary/aromatic N) is 2. The largest absolute Gasteiger partial charge is 0.373 e. The van der Waals surface area contributed by atoms with E-state index in [1.165, 1.54) is 5.56 Å². The molecule has 2 N–H and O–H groups in total. The Morgan fingerprint density at radius 3 is 2.65 bits per heavy atom. The van der Waals surface area contributed by atoms with Gasteiger partial charge in [-0.2, -0.15) is 11.8 Å². The van der Waals surface area contributed by atoms with E-state index in [1.54, 1.807) is 6.33 Å². The van der Waals surface area contributed by atoms with Crippen molar-refractivity contribution >= 4 is 23.4 Å². The van der Waals surface area contributed by atoms with Crippen LogP contribution >= 0.6 is 11.8 Å². The van der Waals surface area contributed by atoms with Crippen molar-refractivity contribution in [2.24, 2.45) is 0 Å². The van der Waals surface area contributed by atoms with E-state index >= 15 is 0 Å². The first-order valence-corrected chi connectivity index (χ1v) is 7.30. The van der Waals surface area contributed by atoms with E-state index in [2.05, 4.69) is 40.7 Å². The standard InChI is InChI=1S/C12H22N4S/c1-5-6-10-11(13-3)15-8-16-12(10)14-7-9(2)17-4/h8-9H,5-7H2,1-4H3,(H2,13,14,15,16). The van der Waals surface area contributed by atoms with Gasteiger partial charge in [0.1, 0.15) is 18.0 Å². The van der Waals surface area contributed by atoms with E-state index in [0.29, 0.717) is 5.25 Å². The summed E-state index contributed by atoms with van der Waals surface area (Å²) in [5.41, 5.74) is 1.19. The number of nitrogens with one attached hydrogen (secondary N) is 2. The van der Waals surface area contributed by atoms with E-state index in [1.807, 2.05) is 18.8 Å². The highest BCUT2D eigenvalue weighted by Gasteiger charge is 2.10. The molecule has 0 radical (unpaired) electrons. The molecule has 0 aromatic carbocycles. The van der Waals surface area contributed by atoms with Gasteiger partial charge in [0, 0.05) is 24.4 Å². The number of hydrogen-bond donors (Lipinski definition) is 2. The van der Waals surface area contributed by atoms with Crippen LogP contribution in [0.1, 0.15) is 25.8 Å². The molecule has 5 heteroatoms. The molecule has 96 valence electrons. The molecule has 0 aliphatic heterocycles. The van der Waals surface area contributed by atoms with E-state index in [-0.39, 0.29) is 0 Å². The molecule has 0 fully saturated rings. The minimum Gasteiger partial charge on any atom is -0.373 e. The van der Waals surface area contributed by atoms with Crippen LogP contribution in [-0.4, -0.2) is 35.1 Å². The van der Waals surface area contributed by atoms with Gasteiger partial charge >= 0.3 is 0 Å². The maximum absolute atomic E-state index is 4.34. The second kappa shape index (κ2) is 7.37. The Labute approximate surface area is 108 Å². The number of aromatic nitrogens is 2. The zero-order valence-electron chi connectivity index (χ0n) is 11.1. The van der Waals surface area contributed by atoms with Crippen LogP contribution in [0.5, 0.6) is 0 Å². The molecule has 0 spiro atoms. The first-order valence-electron chi connectivity index (χ1n) is 6.01. The summed E-state index contributed by atoms with van der Waals surface area (Å²) in [6, 6.07) is 0. The fraction of sp³-hybridized carbons (Fsp3) is 0.667. The molecule has 4 nitrogen and oxygen atoms in total. The smallest absolute Gasteiger partial charge is 0.134 e. The van der Waals surface area contributed by atoms with E-state index in [0.717, 1.165) is 31.0 Å². The molecular weight excluding hydrogens is 232 g/mol. The molecule has 1 aromatic rings. The predicted molar refractivity (Wildman–Crippen MR) is 77.0 cm³/mol. The minimum absolute atomic E-state index is 0.581. The SMILES string of the molecule is CCCc1c(NC)ncnc1NCC(C)SC. The fourth-order valence-corrected chi connectivity index (χ4v) is 1.84. The van der Waals surface area contributed by atoms with Crippen LogP contribution in [0, 0.1) is 0 Å². The first-order chi connectivity index (χ1) is 8.22. The summed E-state index contributed by atoms with van der Waals surface area (Å²) in [4.78, 5) is 8.60. The third kappa shape index (κ3) is 4.07. The summed E-state index contributed by atoms with van der Waals surface area (Å²) in [6.45, 7) is 5.30. The lowest BCUT2D eigenvalue weighted by molar-refractivity contribution is 0.894. The summed E-state index contributed by atoms with van der Waals surface area (Å²) in [7, 11) is 1.90. The number of thioether (sulfide) groups is 1. The molecule has 1 rings (SSSR count). The molecule has 0 bridgehead atoms. The van der Waals surface area contributed by atoms with Crippen molar-refractivity contribution in [2.75, 3.05) is 30.5 Å². The minimum atomic E-state index is 0.581. The van der Waals surface area contributed by atoms with Crippen molar-refractivity contribution in [1.82, 2.24) is 9.97 Å². The average molecular weight is 254 g/mol. The molecule has 1 heterocycles. The zero-order valence-corrected chi connectivity index (χ0v) is 11.9. The van der Waals surface area contributed by atoms with Gasteiger partial charge in [-0.3, -0.25) is 0 Å². The lowest BCUT2D eigenvalue weighted by atomic mass is 10.1. The maximum Gasteiger partial charge on any atom is 0.134 e. The fourth-order valence-electron chi connectivity index (χ4n) is 1.59. The Morgan fingerprint density at radius 1 is 1.35 bits per heavy atom. The van der Waals surface area contributed by atoms with Crippen LogP contribution in [-0.2, 0) is 6.42 Å². The van der Waals surface area contributed by atoms with Crippen molar-refractivity contribution in [1.29, 1.82) is 0 Å². The second-order valence-electron chi connectivity index (χ2n) is 3.98. The lowest BCUT2D eigenvalue weighted by Crippen LogP contribution is -2.16. The van der Waals surface area contributed by atoms with Crippen molar-refractivity contribution in [3.8, 4) is 0 Å². The normalized spacial score (nSPS) is 12.2. The van der Waals surface area contributed by atoms with Gasteiger partial charge < -0.3 is 10.6 Å². The third-order valence-corrected chi connectivity index (χ3v) is 3.61. The molecule has 1 unspecified atom stereocenters. The average Bonchev–Trinajstić information content (AvgIpc) is 2.37. The quantitative estimate of drug-likeness (QED) is 0.783. The van der Waals surface area contributed by atoms with E-state index < -0.39 is 0 Å². The summed E-state index contributed by atoms with van der Waals surface area (Å²) in [6.07, 6.45) is 5.82. The van der Waals surface area contributed by atoms with E-state index in [9.17, 15) is 0 Å². The Kier molecular flexibility index (Phi) is 6.11. The molecule has 1 aromatic heterocycles. The van der Waals surface area contributed by atoms with Crippen LogP contribution in [0.25, 0.3) is 0 Å². The molecule has 0 aliphatic rings. The van der Waals surface area contributed by atoms with Crippen molar-refractivity contribution < 1.29 is 0 Å². The molecule has 1 atom stereocenters. The van der Waals surface area contributed by atoms with Crippen LogP contribution in [0.15, 0.2) is 6.33 Å². The number of rotatable bonds is 7. The maximum atomic E-state index is 4.34. The topological polar surface area (TPSA) is 49.8 Å². The zero-order chi connectivity index (χ0) is 12.7. The van der Waals surface area contributed by atoms with Crippen LogP contribution < -0.4 is 10.6 Å². The second-order valence-corrected chi connectivity index (χ2v) is 5.25. The van der Waals surface area contributed by atoms with Gasteiger partial charge in [0.05, 0.1) is 0 Å². The number of hydrogen-bond acceptors (Lipinski definition) is 5. The summed E-state index contributed by atoms with van der Waals surface area (Å²) >= 11 is 1.85. The molecule has 0 saturated carbocycles. The lowest BCUT2D eigenvalue weighted by Gasteiger charge is -2.15. The van der Waals surface area contributed by atoms with Gasteiger partial charge in [0.2, 0.25) is 0 Å². The monoisotopic (exact) mass is 254 g/mol. The van der Waals surface area contributed by atoms with Crippen LogP contribution in [0.3, 0.4) is 0 Å². The summed E-state index contributed by atoms with van der Waals surface area (Å²) in [5, 5.41) is 7.12. The highest BCUT2D eigenvalue weighted by atomic mass is 32.2. The Hall–Kier alpha value is -0.970. The first kappa shape index (κ1) is 14.1. The van der Waals surface area contributed by atoms with Crippen molar-refractivity contribution in [3.05, 3.63) is 11.9 Å². The van der Waals surface area contributed by atoms with Gasteiger partial charge in [0.25, 0.3) is 0 Å². The predicted octanol–water partition coefficient (Wildman–Crippen LogP) is 2.63. The van der Waals surface area contributed by atoms with Gasteiger partial charge in [0.15, 0.2) is 0 Å². The van der Waals surface area contributed by atoms with Gasteiger partial charge in [-0.25, -0.2) is 9.97 Å². The summed E-state index contributed by atoms with van der Waals surface area (Å²) in [5.74, 6) is 1.90. The van der Waals surface area contributed by atoms with Crippen LogP contribution in [0.4, 0.5) is 11.6 Å². The molecule has 17 heavy (non-hydrogen) atoms. The van der Waals surface area contributed by atoms with Crippen molar-refractivity contribution in [3.63, 3.8) is 0 Å². The molecular formula is C12H22N4S. The van der Waals surface area contributed by atoms with E-state index in [4.69, 9.17) is 0 Å². The van der Waals surface area contributed by atoms with Crippen LogP contribution in [0.2, 0.25) is 0 Å². The Morgan fingerprint density at radius 2 is 2.06 bits per heavy atom. The Balaban J connectivity index is 2.82. The third-order valence-electron chi connectivity index (χ3n) is 2.64. The molecule has 0 saturated heterocycles. The summed E-state index contributed by atoms with van der Waals surface area (Å²) < 4.78 is 0. The van der Waals surface area contributed by atoms with Gasteiger partial charge in [-0.15, -0.1) is 0 Å². The Bertz CT molecular complexity index is 343. The highest BCUT2D eigenvalue weighted by molar-refractivity contribution is 7.99. The van der Waals surface area contributed by atoms with Gasteiger partial charge in [-0.05, 0) is 12.7 Å². The number of anilines is 2.